The van der Waals surface area contributed by atoms with Crippen LogP contribution in [0.5, 0.6) is 0 Å². The van der Waals surface area contributed by atoms with Crippen LogP contribution >= 0.6 is 0 Å². The van der Waals surface area contributed by atoms with Crippen molar-refractivity contribution in [2.24, 2.45) is 0 Å². The van der Waals surface area contributed by atoms with E-state index in [0.717, 1.165) is 6.42 Å². The van der Waals surface area contributed by atoms with Gasteiger partial charge in [-0.2, -0.15) is 0 Å². The summed E-state index contributed by atoms with van der Waals surface area (Å²) in [6.45, 7) is 8.61. The van der Waals surface area contributed by atoms with Crippen molar-refractivity contribution >= 4 is 5.97 Å². The molecule has 0 radical (unpaired) electrons. The summed E-state index contributed by atoms with van der Waals surface area (Å²) in [5.41, 5.74) is 1.76. The molecule has 86 valence electrons. The summed E-state index contributed by atoms with van der Waals surface area (Å²) in [5.74, 6) is -0.347. The number of allylic oxidation sites excluding steroid dienone is 1. The maximum Gasteiger partial charge on any atom is 0.332 e. The van der Waals surface area contributed by atoms with Gasteiger partial charge in [-0.1, -0.05) is 43.0 Å². The number of esters is 1. The number of hydrogen-bond donors (Lipinski definition) is 0. The molecule has 0 atom stereocenters. The minimum Gasteiger partial charge on any atom is -0.466 e. The van der Waals surface area contributed by atoms with Crippen molar-refractivity contribution in [2.45, 2.75) is 13.3 Å². The van der Waals surface area contributed by atoms with E-state index in [2.05, 4.69) is 30.0 Å². The highest BCUT2D eigenvalue weighted by Crippen LogP contribution is 1.98. The van der Waals surface area contributed by atoms with Crippen molar-refractivity contribution in [3.05, 3.63) is 60.7 Å². The summed E-state index contributed by atoms with van der Waals surface area (Å²) >= 11 is 0. The minimum atomic E-state index is -0.347. The van der Waals surface area contributed by atoms with E-state index in [1.54, 1.807) is 6.92 Å². The fourth-order valence-corrected chi connectivity index (χ4v) is 0.955. The zero-order valence-electron chi connectivity index (χ0n) is 9.90. The van der Waals surface area contributed by atoms with Crippen LogP contribution < -0.4 is 0 Å². The van der Waals surface area contributed by atoms with Crippen LogP contribution in [0.1, 0.15) is 12.5 Å². The quantitative estimate of drug-likeness (QED) is 0.442. The first-order valence-corrected chi connectivity index (χ1v) is 5.00. The molecule has 0 bridgehead atoms. The average Bonchev–Trinajstić information content (AvgIpc) is 2.30. The summed E-state index contributed by atoms with van der Waals surface area (Å²) in [7, 11) is 1.33. The van der Waals surface area contributed by atoms with Crippen LogP contribution in [-0.2, 0) is 16.0 Å². The Bertz CT molecular complexity index is 339. The molecule has 16 heavy (non-hydrogen) atoms. The molecule has 1 aromatic rings. The molecule has 0 spiro atoms. The van der Waals surface area contributed by atoms with E-state index in [-0.39, 0.29) is 5.97 Å². The molecule has 0 N–H and O–H groups in total. The SMILES string of the molecule is C=C(C)C(=O)OC.C=CCc1ccccc1. The molecule has 1 rings (SSSR count). The van der Waals surface area contributed by atoms with Crippen molar-refractivity contribution in [3.63, 3.8) is 0 Å². The fourth-order valence-electron chi connectivity index (χ4n) is 0.955. The van der Waals surface area contributed by atoms with Crippen LogP contribution in [0.2, 0.25) is 0 Å². The van der Waals surface area contributed by atoms with E-state index in [0.29, 0.717) is 5.57 Å². The first kappa shape index (κ1) is 14.2. The highest BCUT2D eigenvalue weighted by molar-refractivity contribution is 5.86. The van der Waals surface area contributed by atoms with Crippen LogP contribution in [0.15, 0.2) is 55.1 Å². The number of rotatable bonds is 3. The molecule has 0 aliphatic heterocycles. The van der Waals surface area contributed by atoms with E-state index < -0.39 is 0 Å². The third-order valence-corrected chi connectivity index (χ3v) is 1.76. The Morgan fingerprint density at radius 2 is 1.94 bits per heavy atom. The highest BCUT2D eigenvalue weighted by Gasteiger charge is 1.95. The van der Waals surface area contributed by atoms with Gasteiger partial charge in [0, 0.05) is 5.57 Å². The topological polar surface area (TPSA) is 26.3 Å². The summed E-state index contributed by atoms with van der Waals surface area (Å²) in [6.07, 6.45) is 2.89. The second-order valence-electron chi connectivity index (χ2n) is 3.25. The average molecular weight is 218 g/mol. The maximum absolute atomic E-state index is 10.2. The molecule has 1 aromatic carbocycles. The Morgan fingerprint density at radius 3 is 2.25 bits per heavy atom. The maximum atomic E-state index is 10.2. The summed E-state index contributed by atoms with van der Waals surface area (Å²) in [4.78, 5) is 10.2. The lowest BCUT2D eigenvalue weighted by Crippen LogP contribution is -1.98. The van der Waals surface area contributed by atoms with Gasteiger partial charge in [-0.3, -0.25) is 0 Å². The smallest absolute Gasteiger partial charge is 0.332 e. The number of carbonyl (C=O) groups is 1. The van der Waals surface area contributed by atoms with E-state index in [1.807, 2.05) is 24.3 Å². The van der Waals surface area contributed by atoms with Gasteiger partial charge in [-0.25, -0.2) is 4.79 Å². The largest absolute Gasteiger partial charge is 0.466 e. The second-order valence-corrected chi connectivity index (χ2v) is 3.25. The van der Waals surface area contributed by atoms with Gasteiger partial charge in [0.05, 0.1) is 7.11 Å². The molecule has 0 heterocycles. The van der Waals surface area contributed by atoms with Gasteiger partial charge in [0.2, 0.25) is 0 Å². The van der Waals surface area contributed by atoms with Gasteiger partial charge < -0.3 is 4.74 Å². The Labute approximate surface area is 97.3 Å². The van der Waals surface area contributed by atoms with Gasteiger partial charge in [0.1, 0.15) is 0 Å². The van der Waals surface area contributed by atoms with E-state index >= 15 is 0 Å². The molecule has 0 aliphatic carbocycles. The van der Waals surface area contributed by atoms with E-state index in [9.17, 15) is 4.79 Å². The molecule has 0 aliphatic rings. The predicted octanol–water partition coefficient (Wildman–Crippen LogP) is 3.15. The number of hydrogen-bond acceptors (Lipinski definition) is 2. The molecule has 0 saturated heterocycles. The minimum absolute atomic E-state index is 0.347. The lowest BCUT2D eigenvalue weighted by Gasteiger charge is -1.91. The van der Waals surface area contributed by atoms with Gasteiger partial charge in [0.15, 0.2) is 0 Å². The Hall–Kier alpha value is -1.83. The number of benzene rings is 1. The van der Waals surface area contributed by atoms with Crippen molar-refractivity contribution in [1.29, 1.82) is 0 Å². The van der Waals surface area contributed by atoms with Crippen LogP contribution in [0, 0.1) is 0 Å². The number of ether oxygens (including phenoxy) is 1. The fraction of sp³-hybridized carbons (Fsp3) is 0.214. The lowest BCUT2D eigenvalue weighted by atomic mass is 10.2. The first-order chi connectivity index (χ1) is 7.61. The van der Waals surface area contributed by atoms with E-state index in [1.165, 1.54) is 12.7 Å². The Morgan fingerprint density at radius 1 is 1.38 bits per heavy atom. The normalized spacial score (nSPS) is 8.38. The van der Waals surface area contributed by atoms with Gasteiger partial charge in [0.25, 0.3) is 0 Å². The zero-order chi connectivity index (χ0) is 12.4. The number of methoxy groups -OCH3 is 1. The predicted molar refractivity (Wildman–Crippen MR) is 67.2 cm³/mol. The van der Waals surface area contributed by atoms with Crippen molar-refractivity contribution in [1.82, 2.24) is 0 Å². The summed E-state index contributed by atoms with van der Waals surface area (Å²) in [5, 5.41) is 0. The third kappa shape index (κ3) is 6.60. The number of carbonyl (C=O) groups excluding carboxylic acids is 1. The molecule has 0 aromatic heterocycles. The third-order valence-electron chi connectivity index (χ3n) is 1.76. The molecule has 0 fully saturated rings. The molecule has 2 heteroatoms. The van der Waals surface area contributed by atoms with Crippen molar-refractivity contribution in [2.75, 3.05) is 7.11 Å². The second kappa shape index (κ2) is 8.48. The van der Waals surface area contributed by atoms with E-state index in [4.69, 9.17) is 0 Å². The molecule has 0 saturated carbocycles. The van der Waals surface area contributed by atoms with Gasteiger partial charge in [-0.05, 0) is 18.9 Å². The zero-order valence-corrected chi connectivity index (χ0v) is 9.90. The van der Waals surface area contributed by atoms with Crippen LogP contribution in [0.25, 0.3) is 0 Å². The van der Waals surface area contributed by atoms with Crippen LogP contribution in [-0.4, -0.2) is 13.1 Å². The molecule has 2 nitrogen and oxygen atoms in total. The first-order valence-electron chi connectivity index (χ1n) is 5.00. The Kier molecular flexibility index (Phi) is 7.51. The standard InChI is InChI=1S/C9H10.C5H8O2/c1-2-6-9-7-4-3-5-8-9;1-4(2)5(6)7-3/h2-5,7-8H,1,6H2;1H2,2-3H3. The summed E-state index contributed by atoms with van der Waals surface area (Å²) in [6, 6.07) is 10.3. The molecule has 0 amide bonds. The lowest BCUT2D eigenvalue weighted by molar-refractivity contribution is -0.136. The monoisotopic (exact) mass is 218 g/mol. The van der Waals surface area contributed by atoms with Crippen molar-refractivity contribution in [3.8, 4) is 0 Å². The molecule has 0 unspecified atom stereocenters. The van der Waals surface area contributed by atoms with Crippen LogP contribution in [0.3, 0.4) is 0 Å². The van der Waals surface area contributed by atoms with Gasteiger partial charge in [-0.15, -0.1) is 6.58 Å². The van der Waals surface area contributed by atoms with Crippen LogP contribution in [0.4, 0.5) is 0 Å². The highest BCUT2D eigenvalue weighted by atomic mass is 16.5. The molecular weight excluding hydrogens is 200 g/mol. The van der Waals surface area contributed by atoms with Gasteiger partial charge >= 0.3 is 5.97 Å². The summed E-state index contributed by atoms with van der Waals surface area (Å²) < 4.78 is 4.27. The van der Waals surface area contributed by atoms with Crippen molar-refractivity contribution < 1.29 is 9.53 Å². The Balaban J connectivity index is 0.000000293. The molecular formula is C14H18O2.